The van der Waals surface area contributed by atoms with Crippen molar-refractivity contribution in [2.45, 2.75) is 430 Å². The number of aliphatic hydroxyl groups is 1. The quantitative estimate of drug-likeness (QED) is 0.0248. The summed E-state index contributed by atoms with van der Waals surface area (Å²) in [4.78, 5) is 128. The molecule has 0 spiro atoms. The fourth-order valence-corrected chi connectivity index (χ4v) is 16.0. The first kappa shape index (κ1) is 131. The van der Waals surface area contributed by atoms with Crippen molar-refractivity contribution in [3.63, 3.8) is 0 Å². The number of imidazole rings is 4. The number of aliphatic hydroxyl groups excluding tert-OH is 1. The Morgan fingerprint density at radius 3 is 1.17 bits per heavy atom. The van der Waals surface area contributed by atoms with Gasteiger partial charge in [-0.15, -0.1) is 0 Å². The lowest BCUT2D eigenvalue weighted by Gasteiger charge is -2.31. The van der Waals surface area contributed by atoms with Crippen LogP contribution in [0, 0.1) is 65.0 Å². The number of aromatic nitrogens is 10. The Kier molecular flexibility index (Phi) is 46.0. The van der Waals surface area contributed by atoms with Crippen LogP contribution in [0.25, 0.3) is 67.8 Å². The first-order valence-corrected chi connectivity index (χ1v) is 53.1. The number of ether oxygens (including phenoxy) is 2. The highest BCUT2D eigenvalue weighted by molar-refractivity contribution is 6.04. The van der Waals surface area contributed by atoms with E-state index in [1.165, 1.54) is 5.56 Å². The van der Waals surface area contributed by atoms with Crippen LogP contribution in [0.15, 0.2) is 79.3 Å². The van der Waals surface area contributed by atoms with Crippen molar-refractivity contribution in [3.8, 4) is 40.4 Å². The van der Waals surface area contributed by atoms with Crippen molar-refractivity contribution in [3.05, 3.63) is 113 Å². The van der Waals surface area contributed by atoms with Gasteiger partial charge in [-0.3, -0.25) is 33.6 Å². The molecule has 9 rings (SSSR count). The molecule has 826 valence electrons. The Morgan fingerprint density at radius 2 is 0.796 bits per heavy atom. The van der Waals surface area contributed by atoms with E-state index in [1.54, 1.807) is 0 Å². The second-order valence-electron chi connectivity index (χ2n) is 57.4. The molecule has 9 aromatic rings. The summed E-state index contributed by atoms with van der Waals surface area (Å²) in [5.41, 5.74) is 10.0. The van der Waals surface area contributed by atoms with Crippen LogP contribution in [-0.4, -0.2) is 166 Å². The lowest BCUT2D eigenvalue weighted by molar-refractivity contribution is -0.148. The molecule has 25 nitrogen and oxygen atoms in total. The summed E-state index contributed by atoms with van der Waals surface area (Å²) in [6.45, 7) is 92.2. The molecule has 6 aromatic heterocycles. The normalized spacial score (nSPS) is 13.5. The summed E-state index contributed by atoms with van der Waals surface area (Å²) < 4.78 is 17.3. The molecule has 3 atom stereocenters. The summed E-state index contributed by atoms with van der Waals surface area (Å²) in [6.07, 6.45) is 15.9. The molecular weight excluding hydrogens is 1840 g/mol. The van der Waals surface area contributed by atoms with Gasteiger partial charge in [0.25, 0.3) is 0 Å². The number of aromatic amines is 3. The third-order valence-corrected chi connectivity index (χ3v) is 23.2. The minimum absolute atomic E-state index is 0.0450. The highest BCUT2D eigenvalue weighted by atomic mass is 16.6. The highest BCUT2D eigenvalue weighted by Crippen LogP contribution is 2.40. The molecule has 6 heterocycles. The van der Waals surface area contributed by atoms with E-state index >= 15 is 0 Å². The predicted molar refractivity (Wildman–Crippen MR) is 610 cm³/mol. The smallest absolute Gasteiger partial charge is 0.408 e. The van der Waals surface area contributed by atoms with Crippen LogP contribution >= 0.6 is 0 Å². The fourth-order valence-electron chi connectivity index (χ4n) is 16.0. The standard InChI is InChI=1S/C22H29N3O2.C22H29N3O.C21H28N4O.C18H35NO3.C17H34O2.C13H26O2.C9H20N2O/c1-21(2,3)11-14-12-25(7)17(18(14)26)20-23-15-9-8-13(10-16(15)24-20)19(27)22(4,5)6;1-21(2,3)12-14-10-18(25(7)13-14)20-23-16-9-8-15(11-17(16)24-20)19(26)22(4,5)6;1-20(2,3)11-14-12-25(7)19(22-14)18-23-15-9-8-13(10-16(15)24-18)17(26)21(4,5)6;1-16(2,3)12-10-11-13(14(20)17(4,5)6)19-15(21)22-18(7,8)9;1-15(2,3)12-10-11-13(19-17(7,8)9)14(18)16(4,5)6;1-12(2,3)9-7-8-10(14)11(15)13(4,5)6;1-9(2,3)10-8(12)6-7-11(4)5/h8-10,12,26H,11H2,1-7H3,(H,23,24);8-11,13H,12H2,1-7H3,(H,23,24);8-10,12H,11H2,1-7H3,(H,23,24);13H,10-12H2,1-9H3,(H,19,21);13H,10-12H2,1-9H3;10,14H,7-9H2,1-6H3;6-7H2,1-5H3,(H,10,12). The maximum atomic E-state index is 12.6. The van der Waals surface area contributed by atoms with Crippen molar-refractivity contribution < 1.29 is 58.0 Å². The Balaban J connectivity index is 0.000000447. The lowest BCUT2D eigenvalue weighted by Crippen LogP contribution is -2.47. The molecule has 0 radical (unpaired) electrons. The number of H-pyrrole nitrogens is 3. The average molecular weight is 2040 g/mol. The monoisotopic (exact) mass is 2040 g/mol. The number of alkyl carbamates (subject to hydrolysis) is 1. The van der Waals surface area contributed by atoms with E-state index in [0.717, 1.165) is 144 Å². The number of hydrogen-bond donors (Lipinski definition) is 7. The molecule has 147 heavy (non-hydrogen) atoms. The minimum atomic E-state index is -0.785. The predicted octanol–water partition coefficient (Wildman–Crippen LogP) is 29.0. The van der Waals surface area contributed by atoms with Gasteiger partial charge in [0.1, 0.15) is 29.3 Å². The van der Waals surface area contributed by atoms with Crippen LogP contribution < -0.4 is 10.6 Å². The van der Waals surface area contributed by atoms with Crippen molar-refractivity contribution in [1.82, 2.24) is 64.1 Å². The van der Waals surface area contributed by atoms with Crippen LogP contribution in [0.1, 0.15) is 424 Å². The van der Waals surface area contributed by atoms with Crippen LogP contribution in [0.4, 0.5) is 4.79 Å². The number of nitrogens with one attached hydrogen (secondary N) is 5. The second kappa shape index (κ2) is 51.4. The topological polar surface area (TPSA) is 336 Å². The summed E-state index contributed by atoms with van der Waals surface area (Å²) in [7, 11) is 9.86. The Morgan fingerprint density at radius 1 is 0.408 bits per heavy atom. The van der Waals surface area contributed by atoms with Crippen LogP contribution in [0.2, 0.25) is 0 Å². The van der Waals surface area contributed by atoms with Crippen LogP contribution in [0.5, 0.6) is 5.75 Å². The number of carbonyl (C=O) groups excluding carboxylic acids is 8. The number of nitrogens with zero attached hydrogens (tertiary/aromatic N) is 8. The molecule has 0 bridgehead atoms. The number of amides is 2. The molecule has 3 unspecified atom stereocenters. The molecule has 0 aliphatic carbocycles. The molecule has 2 amide bonds. The summed E-state index contributed by atoms with van der Waals surface area (Å²) >= 11 is 0. The number of fused-ring (bicyclic) bond motifs is 3. The van der Waals surface area contributed by atoms with Gasteiger partial charge in [0.15, 0.2) is 58.0 Å². The molecular formula is C122H201N13O12. The zero-order valence-electron chi connectivity index (χ0n) is 101. The molecule has 0 saturated carbocycles. The van der Waals surface area contributed by atoms with Gasteiger partial charge in [-0.25, -0.2) is 24.7 Å². The van der Waals surface area contributed by atoms with E-state index in [4.69, 9.17) is 19.4 Å². The van der Waals surface area contributed by atoms with Gasteiger partial charge >= 0.3 is 6.09 Å². The van der Waals surface area contributed by atoms with Crippen LogP contribution in [-0.2, 0) is 69.1 Å². The van der Waals surface area contributed by atoms with Crippen LogP contribution in [0.3, 0.4) is 0 Å². The summed E-state index contributed by atoms with van der Waals surface area (Å²) in [5, 5.41) is 26.1. The fraction of sp³-hybridized carbons (Fsp3) is 0.672. The average Bonchev–Trinajstić information content (AvgIpc) is 1.59. The largest absolute Gasteiger partial charge is 0.505 e. The Bertz CT molecular complexity index is 5640. The first-order chi connectivity index (χ1) is 65.9. The molecule has 25 heteroatoms. The summed E-state index contributed by atoms with van der Waals surface area (Å²) in [6, 6.07) is 18.6. The molecule has 0 aliphatic rings. The zero-order valence-corrected chi connectivity index (χ0v) is 101. The number of ketones is 6. The van der Waals surface area contributed by atoms with Crippen molar-refractivity contribution in [2.75, 3.05) is 20.6 Å². The van der Waals surface area contributed by atoms with Gasteiger partial charge in [0, 0.05) is 113 Å². The van der Waals surface area contributed by atoms with Gasteiger partial charge in [0.2, 0.25) is 5.91 Å². The van der Waals surface area contributed by atoms with Crippen molar-refractivity contribution in [2.24, 2.45) is 86.1 Å². The number of benzene rings is 3. The number of Topliss-reactive ketones (excluding diaryl/α,β-unsaturated/α-hetero) is 6. The Labute approximate surface area is 886 Å². The van der Waals surface area contributed by atoms with E-state index in [2.05, 4.69) is 183 Å². The molecule has 7 N–H and O–H groups in total. The van der Waals surface area contributed by atoms with E-state index in [0.29, 0.717) is 47.3 Å². The lowest BCUT2D eigenvalue weighted by atomic mass is 9.83. The third kappa shape index (κ3) is 48.4. The van der Waals surface area contributed by atoms with Crippen molar-refractivity contribution >= 4 is 79.8 Å². The zero-order chi connectivity index (χ0) is 114. The first-order valence-electron chi connectivity index (χ1n) is 53.1. The van der Waals surface area contributed by atoms with E-state index in [9.17, 15) is 48.6 Å². The second-order valence-corrected chi connectivity index (χ2v) is 57.4. The van der Waals surface area contributed by atoms with E-state index in [1.807, 2.05) is 297 Å². The maximum absolute atomic E-state index is 12.6. The van der Waals surface area contributed by atoms with Gasteiger partial charge < -0.3 is 63.9 Å². The van der Waals surface area contributed by atoms with Gasteiger partial charge in [-0.2, -0.15) is 0 Å². The Hall–Kier alpha value is -9.72. The third-order valence-electron chi connectivity index (χ3n) is 23.2. The number of aryl methyl sites for hydroxylation is 3. The van der Waals surface area contributed by atoms with Gasteiger partial charge in [-0.05, 0) is 246 Å². The molecule has 3 aromatic carbocycles. The van der Waals surface area contributed by atoms with Crippen molar-refractivity contribution in [1.29, 1.82) is 0 Å². The molecule has 0 saturated heterocycles. The molecule has 0 fully saturated rings. The molecule has 0 aliphatic heterocycles. The van der Waals surface area contributed by atoms with Gasteiger partial charge in [0.05, 0.1) is 56.1 Å². The number of aromatic hydroxyl groups is 1. The SMILES string of the molecule is CC(C)(C)CCCC(NC(=O)OC(C)(C)C)C(=O)C(C)(C)C.CC(C)(C)CCCC(O)C(=O)C(C)(C)C.CC(C)(C)CCCC(OC(C)(C)C)C(=O)C(C)(C)C.CN(C)CCC(=O)NC(C)(C)C.Cn1cc(CC(C)(C)C)c(O)c1-c1nc2ccc(C(=O)C(C)(C)C)cc2[nH]1.Cn1cc(CC(C)(C)C)cc1-c1nc2ccc(C(=O)C(C)(C)C)cc2[nH]1.Cn1cc(CC(C)(C)C)nc1-c1nc2ccc(C(=O)C(C)(C)C)cc2[nH]1. The highest BCUT2D eigenvalue weighted by Gasteiger charge is 2.37. The van der Waals surface area contributed by atoms with E-state index < -0.39 is 50.9 Å². The number of hydrogen-bond acceptors (Lipinski definition) is 17. The van der Waals surface area contributed by atoms with E-state index in [-0.39, 0.29) is 96.1 Å². The number of rotatable bonds is 26. The maximum Gasteiger partial charge on any atom is 0.408 e. The van der Waals surface area contributed by atoms with Gasteiger partial charge in [-0.1, -0.05) is 256 Å². The summed E-state index contributed by atoms with van der Waals surface area (Å²) in [5.74, 6) is 3.94. The minimum Gasteiger partial charge on any atom is -0.505 e. The number of carbonyl (C=O) groups is 8.